The number of phenolic OH excluding ortho intramolecular Hbond substituents is 1. The van der Waals surface area contributed by atoms with Gasteiger partial charge in [-0.2, -0.15) is 0 Å². The van der Waals surface area contributed by atoms with Crippen molar-refractivity contribution in [2.45, 2.75) is 36.5 Å². The van der Waals surface area contributed by atoms with Crippen LogP contribution < -0.4 is 10.6 Å². The van der Waals surface area contributed by atoms with Gasteiger partial charge in [0.25, 0.3) is 0 Å². The molecule has 13 nitrogen and oxygen atoms in total. The van der Waals surface area contributed by atoms with Gasteiger partial charge in [0.1, 0.15) is 23.7 Å². The van der Waals surface area contributed by atoms with Crippen LogP contribution in [0, 0.1) is 11.8 Å². The molecule has 6 atom stereocenters. The van der Waals surface area contributed by atoms with Crippen molar-refractivity contribution >= 4 is 52.2 Å². The van der Waals surface area contributed by atoms with Crippen LogP contribution in [-0.4, -0.2) is 97.4 Å². The third-order valence-corrected chi connectivity index (χ3v) is 11.0. The number of thiocarbonyl (C=S) groups is 1. The fraction of sp³-hybridized carbons (Fsp3) is 0.289. The number of alkyl carbamates (subject to hydrolysis) is 1. The lowest BCUT2D eigenvalue weighted by molar-refractivity contribution is -0.178. The smallest absolute Gasteiger partial charge is 0.413 e. The Labute approximate surface area is 302 Å². The number of aliphatic hydroxyl groups excluding tert-OH is 3. The molecule has 0 heterocycles. The Hall–Kier alpha value is -5.41. The van der Waals surface area contributed by atoms with Gasteiger partial charge >= 0.3 is 6.09 Å². The molecule has 0 saturated heterocycles. The van der Waals surface area contributed by atoms with Gasteiger partial charge < -0.3 is 35.6 Å². The van der Waals surface area contributed by atoms with E-state index in [1.54, 1.807) is 6.92 Å². The lowest BCUT2D eigenvalue weighted by Gasteiger charge is -2.53. The molecule has 2 fully saturated rings. The van der Waals surface area contributed by atoms with E-state index in [0.29, 0.717) is 5.56 Å². The summed E-state index contributed by atoms with van der Waals surface area (Å²) < 4.78 is 5.54. The minimum atomic E-state index is -3.02. The maximum absolute atomic E-state index is 14.1. The van der Waals surface area contributed by atoms with Crippen molar-refractivity contribution in [1.29, 1.82) is 0 Å². The molecule has 7 rings (SSSR count). The molecule has 7 N–H and O–H groups in total. The molecule has 3 aromatic rings. The van der Waals surface area contributed by atoms with Gasteiger partial charge in [-0.05, 0) is 66.1 Å². The number of anilines is 1. The molecule has 0 unspecified atom stereocenters. The normalized spacial score (nSPS) is 27.1. The Kier molecular flexibility index (Phi) is 8.53. The topological polar surface area (TPSA) is 206 Å². The summed E-state index contributed by atoms with van der Waals surface area (Å²) in [4.78, 5) is 55.0. The highest BCUT2D eigenvalue weighted by molar-refractivity contribution is 7.80. The second-order valence-corrected chi connectivity index (χ2v) is 14.1. The molecule has 52 heavy (non-hydrogen) atoms. The van der Waals surface area contributed by atoms with Crippen LogP contribution in [0.3, 0.4) is 0 Å². The number of rotatable bonds is 4. The highest BCUT2D eigenvalue weighted by atomic mass is 32.1. The largest absolute Gasteiger partial charge is 0.515 e. The molecule has 0 aromatic heterocycles. The Morgan fingerprint density at radius 3 is 2.17 bits per heavy atom. The third-order valence-electron chi connectivity index (χ3n) is 10.8. The van der Waals surface area contributed by atoms with Gasteiger partial charge in [-0.15, -0.1) is 0 Å². The maximum atomic E-state index is 14.1. The maximum Gasteiger partial charge on any atom is 0.413 e. The van der Waals surface area contributed by atoms with Crippen LogP contribution in [0.1, 0.15) is 41.0 Å². The standard InChI is InChI=1S/C38H35N3O10S/c1-16-17-12-13-24(39-36(52)40-37(49)51-15-23-20-10-6-4-8-18(20)19-9-5-7-11-21(19)23)31(44)26(17)32(45)27-25(16)33(46)28-29(41(2)3)30(43)22(14-42)34(47)38(28,50)35(27)48/h4-14,16,23,25,28-29,33,42,44-46,50H,15H2,1-3H3,(H2,39,40,49,52)/t16-,25+,28-,29-,33+,38+/m1/s1. The van der Waals surface area contributed by atoms with Crippen molar-refractivity contribution in [1.82, 2.24) is 10.2 Å². The predicted octanol–water partition coefficient (Wildman–Crippen LogP) is 3.44. The summed E-state index contributed by atoms with van der Waals surface area (Å²) in [5.74, 6) is -8.73. The van der Waals surface area contributed by atoms with Crippen LogP contribution in [0.4, 0.5) is 10.5 Å². The summed E-state index contributed by atoms with van der Waals surface area (Å²) in [6.45, 7) is 1.66. The van der Waals surface area contributed by atoms with Crippen molar-refractivity contribution in [2.75, 3.05) is 26.0 Å². The van der Waals surface area contributed by atoms with Gasteiger partial charge in [0, 0.05) is 17.4 Å². The second-order valence-electron chi connectivity index (χ2n) is 13.7. The summed E-state index contributed by atoms with van der Waals surface area (Å²) in [5.41, 5.74) is -0.169. The molecule has 3 aromatic carbocycles. The lowest BCUT2D eigenvalue weighted by Crippen LogP contribution is -2.73. The van der Waals surface area contributed by atoms with E-state index in [4.69, 9.17) is 17.0 Å². The highest BCUT2D eigenvalue weighted by Crippen LogP contribution is 2.56. The quantitative estimate of drug-likeness (QED) is 0.0515. The number of amides is 1. The van der Waals surface area contributed by atoms with Crippen LogP contribution in [0.15, 0.2) is 78.1 Å². The van der Waals surface area contributed by atoms with Gasteiger partial charge in [-0.1, -0.05) is 61.5 Å². The van der Waals surface area contributed by atoms with Crippen LogP contribution in [-0.2, 0) is 19.1 Å². The molecule has 0 spiro atoms. The molecular weight excluding hydrogens is 690 g/mol. The number of hydrogen-bond donors (Lipinski definition) is 7. The molecule has 14 heteroatoms. The van der Waals surface area contributed by atoms with Crippen LogP contribution >= 0.6 is 12.2 Å². The second kappa shape index (κ2) is 12.7. The van der Waals surface area contributed by atoms with Gasteiger partial charge in [0.2, 0.25) is 11.6 Å². The Morgan fingerprint density at radius 1 is 0.962 bits per heavy atom. The average Bonchev–Trinajstić information content (AvgIpc) is 3.43. The molecule has 2 saturated carbocycles. The van der Waals surface area contributed by atoms with E-state index in [1.165, 1.54) is 31.1 Å². The van der Waals surface area contributed by atoms with E-state index in [-0.39, 0.29) is 35.2 Å². The Balaban J connectivity index is 1.13. The van der Waals surface area contributed by atoms with E-state index in [9.17, 15) is 44.7 Å². The minimum absolute atomic E-state index is 0.0295. The number of carbonyl (C=O) groups is 4. The number of hydrogen-bond acceptors (Lipinski definition) is 12. The van der Waals surface area contributed by atoms with Crippen molar-refractivity contribution in [3.05, 3.63) is 100 Å². The molecule has 4 aliphatic carbocycles. The van der Waals surface area contributed by atoms with Crippen LogP contribution in [0.2, 0.25) is 0 Å². The molecule has 268 valence electrons. The van der Waals surface area contributed by atoms with Crippen LogP contribution in [0.5, 0.6) is 5.75 Å². The van der Waals surface area contributed by atoms with Gasteiger partial charge in [0.05, 0.1) is 35.6 Å². The summed E-state index contributed by atoms with van der Waals surface area (Å²) in [5, 5.41) is 61.1. The Bertz CT molecular complexity index is 2120. The summed E-state index contributed by atoms with van der Waals surface area (Å²) in [7, 11) is 2.93. The molecular formula is C38H35N3O10S. The number of Topliss-reactive ketones (excluding diaryl/α,β-unsaturated/α-hetero) is 3. The van der Waals surface area contributed by atoms with E-state index in [2.05, 4.69) is 10.6 Å². The molecule has 1 amide bonds. The fourth-order valence-electron chi connectivity index (χ4n) is 8.49. The first kappa shape index (κ1) is 35.0. The number of carbonyl (C=O) groups excluding carboxylic acids is 4. The number of likely N-dealkylation sites (N-methyl/N-ethyl adjacent to an activating group) is 1. The van der Waals surface area contributed by atoms with Crippen molar-refractivity contribution in [3.63, 3.8) is 0 Å². The van der Waals surface area contributed by atoms with Crippen molar-refractivity contribution in [2.24, 2.45) is 11.8 Å². The van der Waals surface area contributed by atoms with Gasteiger partial charge in [0.15, 0.2) is 16.5 Å². The molecule has 0 radical (unpaired) electrons. The third kappa shape index (κ3) is 4.97. The molecule has 0 bridgehead atoms. The number of benzene rings is 3. The number of aliphatic hydroxyl groups is 4. The first-order valence-electron chi connectivity index (χ1n) is 16.5. The summed E-state index contributed by atoms with van der Waals surface area (Å²) >= 11 is 5.31. The zero-order valence-electron chi connectivity index (χ0n) is 28.2. The minimum Gasteiger partial charge on any atom is -0.515 e. The number of phenols is 1. The lowest BCUT2D eigenvalue weighted by atomic mass is 9.53. The highest BCUT2D eigenvalue weighted by Gasteiger charge is 2.69. The van der Waals surface area contributed by atoms with Crippen molar-refractivity contribution < 1.29 is 49.4 Å². The van der Waals surface area contributed by atoms with Crippen LogP contribution in [0.25, 0.3) is 16.9 Å². The SMILES string of the molecule is C[C@@H]1c2ccc(NC(=S)NC(=O)OCC3c4ccccc4-c4ccccc43)c(O)c2C(O)=C2C(=O)[C@@]3(O)C(=O)C(=CO)C(=O)[C@H](N(C)C)[C@@H]3[C@@H](O)[C@H]21. The van der Waals surface area contributed by atoms with Crippen molar-refractivity contribution in [3.8, 4) is 16.9 Å². The van der Waals surface area contributed by atoms with E-state index in [0.717, 1.165) is 22.3 Å². The summed E-state index contributed by atoms with van der Waals surface area (Å²) in [6, 6.07) is 17.3. The molecule has 0 aliphatic heterocycles. The van der Waals surface area contributed by atoms with Gasteiger partial charge in [-0.3, -0.25) is 24.6 Å². The fourth-order valence-corrected chi connectivity index (χ4v) is 8.69. The first-order chi connectivity index (χ1) is 24.7. The zero-order chi connectivity index (χ0) is 37.4. The number of aromatic hydroxyl groups is 1. The number of fused-ring (bicyclic) bond motifs is 6. The summed E-state index contributed by atoms with van der Waals surface area (Å²) in [6.07, 6.45) is -2.33. The predicted molar refractivity (Wildman–Crippen MR) is 192 cm³/mol. The number of ether oxygens (including phenoxy) is 1. The monoisotopic (exact) mass is 725 g/mol. The van der Waals surface area contributed by atoms with Gasteiger partial charge in [-0.25, -0.2) is 4.79 Å². The number of nitrogens with zero attached hydrogens (tertiary/aromatic N) is 1. The molecule has 4 aliphatic rings. The Morgan fingerprint density at radius 2 is 1.58 bits per heavy atom. The van der Waals surface area contributed by atoms with E-state index >= 15 is 0 Å². The number of nitrogens with one attached hydrogen (secondary N) is 2. The first-order valence-corrected chi connectivity index (χ1v) is 16.9. The average molecular weight is 726 g/mol. The zero-order valence-corrected chi connectivity index (χ0v) is 29.0. The van der Waals surface area contributed by atoms with E-state index in [1.807, 2.05) is 48.5 Å². The van der Waals surface area contributed by atoms with E-state index < -0.39 is 81.6 Å². The number of ketones is 3.